The molecule has 34 heavy (non-hydrogen) atoms. The lowest BCUT2D eigenvalue weighted by molar-refractivity contribution is 0.0947. The molecule has 2 heterocycles. The molecule has 0 radical (unpaired) electrons. The van der Waals surface area contributed by atoms with Crippen molar-refractivity contribution >= 4 is 32.6 Å². The van der Waals surface area contributed by atoms with E-state index in [-0.39, 0.29) is 11.8 Å². The summed E-state index contributed by atoms with van der Waals surface area (Å²) in [5, 5.41) is 15.5. The van der Waals surface area contributed by atoms with Crippen LogP contribution in [-0.2, 0) is 6.54 Å². The molecule has 1 unspecified atom stereocenters. The number of carbonyl (C=O) groups excluding carboxylic acids is 1. The van der Waals surface area contributed by atoms with Crippen LogP contribution in [-0.4, -0.2) is 46.2 Å². The van der Waals surface area contributed by atoms with Crippen molar-refractivity contribution in [3.8, 4) is 5.88 Å². The average molecular weight is 527 g/mol. The zero-order valence-electron chi connectivity index (χ0n) is 20.1. The first kappa shape index (κ1) is 24.8. The van der Waals surface area contributed by atoms with Gasteiger partial charge in [0.2, 0.25) is 0 Å². The van der Waals surface area contributed by atoms with Gasteiger partial charge in [0.25, 0.3) is 5.91 Å². The number of halogens is 1. The molecule has 5 nitrogen and oxygen atoms in total. The van der Waals surface area contributed by atoms with Gasteiger partial charge in [0.1, 0.15) is 0 Å². The van der Waals surface area contributed by atoms with Crippen molar-refractivity contribution < 1.29 is 9.90 Å². The Labute approximate surface area is 211 Å². The molecule has 0 aliphatic carbocycles. The SMILES string of the molecule is CCCCC1CCCCN1CCCNC(=O)c1ccc2cn(Cc3cccc(Br)c3)c(O)c2c1. The summed E-state index contributed by atoms with van der Waals surface area (Å²) in [6.07, 6.45) is 10.7. The molecule has 4 rings (SSSR count). The lowest BCUT2D eigenvalue weighted by Gasteiger charge is -2.36. The molecular weight excluding hydrogens is 490 g/mol. The van der Waals surface area contributed by atoms with Gasteiger partial charge in [-0.15, -0.1) is 0 Å². The molecule has 2 N–H and O–H groups in total. The third-order valence-electron chi connectivity index (χ3n) is 6.91. The van der Waals surface area contributed by atoms with E-state index in [2.05, 4.69) is 33.1 Å². The monoisotopic (exact) mass is 525 g/mol. The van der Waals surface area contributed by atoms with Crippen molar-refractivity contribution in [3.05, 3.63) is 64.3 Å². The Morgan fingerprint density at radius 1 is 1.18 bits per heavy atom. The number of carbonyl (C=O) groups is 1. The summed E-state index contributed by atoms with van der Waals surface area (Å²) in [5.74, 6) is 0.107. The summed E-state index contributed by atoms with van der Waals surface area (Å²) in [7, 11) is 0. The second-order valence-corrected chi connectivity index (χ2v) is 10.4. The van der Waals surface area contributed by atoms with Crippen LogP contribution in [0.15, 0.2) is 53.1 Å². The van der Waals surface area contributed by atoms with Crippen LogP contribution >= 0.6 is 15.9 Å². The second kappa shape index (κ2) is 11.9. The highest BCUT2D eigenvalue weighted by atomic mass is 79.9. The third kappa shape index (κ3) is 6.22. The molecule has 1 aromatic heterocycles. The molecule has 6 heteroatoms. The van der Waals surface area contributed by atoms with Crippen LogP contribution < -0.4 is 5.32 Å². The first-order valence-corrected chi connectivity index (χ1v) is 13.4. The number of amides is 1. The summed E-state index contributed by atoms with van der Waals surface area (Å²) >= 11 is 3.50. The molecule has 1 aliphatic heterocycles. The second-order valence-electron chi connectivity index (χ2n) is 9.45. The van der Waals surface area contributed by atoms with Crippen LogP contribution in [0, 0.1) is 0 Å². The zero-order chi connectivity index (χ0) is 23.9. The fourth-order valence-corrected chi connectivity index (χ4v) is 5.49. The average Bonchev–Trinajstić information content (AvgIpc) is 3.15. The maximum atomic E-state index is 12.8. The van der Waals surface area contributed by atoms with Crippen LogP contribution in [0.2, 0.25) is 0 Å². The van der Waals surface area contributed by atoms with Gasteiger partial charge in [-0.3, -0.25) is 4.79 Å². The van der Waals surface area contributed by atoms with Crippen LogP contribution in [0.5, 0.6) is 5.88 Å². The van der Waals surface area contributed by atoms with E-state index >= 15 is 0 Å². The highest BCUT2D eigenvalue weighted by Crippen LogP contribution is 2.29. The molecule has 3 aromatic rings. The van der Waals surface area contributed by atoms with Crippen molar-refractivity contribution in [1.29, 1.82) is 0 Å². The number of fused-ring (bicyclic) bond motifs is 1. The summed E-state index contributed by atoms with van der Waals surface area (Å²) in [6.45, 7) is 5.74. The molecule has 1 amide bonds. The Balaban J connectivity index is 1.33. The minimum atomic E-state index is -0.0813. The van der Waals surface area contributed by atoms with E-state index in [1.54, 1.807) is 6.07 Å². The molecule has 1 aliphatic rings. The van der Waals surface area contributed by atoms with Crippen LogP contribution in [0.1, 0.15) is 67.8 Å². The Bertz CT molecular complexity index is 1110. The number of hydrogen-bond donors (Lipinski definition) is 2. The summed E-state index contributed by atoms with van der Waals surface area (Å²) in [4.78, 5) is 15.4. The Morgan fingerprint density at radius 3 is 2.88 bits per heavy atom. The minimum Gasteiger partial charge on any atom is -0.494 e. The Morgan fingerprint density at radius 2 is 2.06 bits per heavy atom. The van der Waals surface area contributed by atoms with E-state index in [0.29, 0.717) is 24.0 Å². The number of benzene rings is 2. The highest BCUT2D eigenvalue weighted by Gasteiger charge is 2.21. The first-order chi connectivity index (χ1) is 16.5. The van der Waals surface area contributed by atoms with Gasteiger partial charge in [0, 0.05) is 46.1 Å². The molecule has 0 bridgehead atoms. The minimum absolute atomic E-state index is 0.0813. The van der Waals surface area contributed by atoms with Crippen molar-refractivity contribution in [3.63, 3.8) is 0 Å². The number of hydrogen-bond acceptors (Lipinski definition) is 3. The van der Waals surface area contributed by atoms with E-state index in [4.69, 9.17) is 0 Å². The number of nitrogens with one attached hydrogen (secondary N) is 1. The molecular formula is C28H36BrN3O2. The fraction of sp³-hybridized carbons (Fsp3) is 0.464. The van der Waals surface area contributed by atoms with Crippen LogP contribution in [0.4, 0.5) is 0 Å². The van der Waals surface area contributed by atoms with Crippen LogP contribution in [0.3, 0.4) is 0 Å². The number of likely N-dealkylation sites (tertiary alicyclic amines) is 1. The standard InChI is InChI=1S/C28H36BrN3O2/c1-2-3-10-25-11-4-5-15-31(25)16-7-14-30-27(33)22-12-13-23-20-32(28(34)26(23)18-22)19-21-8-6-9-24(29)17-21/h6,8-9,12-13,17-18,20,25,34H,2-5,7,10-11,14-16,19H2,1H3,(H,30,33). The van der Waals surface area contributed by atoms with Gasteiger partial charge in [0.15, 0.2) is 5.88 Å². The van der Waals surface area contributed by atoms with Gasteiger partial charge in [-0.05, 0) is 62.1 Å². The van der Waals surface area contributed by atoms with Gasteiger partial charge in [-0.25, -0.2) is 0 Å². The van der Waals surface area contributed by atoms with Crippen molar-refractivity contribution in [1.82, 2.24) is 14.8 Å². The van der Waals surface area contributed by atoms with Crippen molar-refractivity contribution in [2.45, 2.75) is 64.5 Å². The van der Waals surface area contributed by atoms with E-state index < -0.39 is 0 Å². The smallest absolute Gasteiger partial charge is 0.251 e. The maximum absolute atomic E-state index is 12.8. The molecule has 0 spiro atoms. The quantitative estimate of drug-likeness (QED) is 0.304. The molecule has 1 fully saturated rings. The largest absolute Gasteiger partial charge is 0.494 e. The maximum Gasteiger partial charge on any atom is 0.251 e. The lowest BCUT2D eigenvalue weighted by Crippen LogP contribution is -2.41. The number of nitrogens with zero attached hydrogens (tertiary/aromatic N) is 2. The van der Waals surface area contributed by atoms with Crippen LogP contribution in [0.25, 0.3) is 10.8 Å². The lowest BCUT2D eigenvalue weighted by atomic mass is 9.97. The van der Waals surface area contributed by atoms with E-state index in [1.807, 2.05) is 47.2 Å². The Kier molecular flexibility index (Phi) is 8.68. The van der Waals surface area contributed by atoms with E-state index in [0.717, 1.165) is 34.4 Å². The predicted molar refractivity (Wildman–Crippen MR) is 143 cm³/mol. The summed E-state index contributed by atoms with van der Waals surface area (Å²) < 4.78 is 2.83. The van der Waals surface area contributed by atoms with Gasteiger partial charge < -0.3 is 19.9 Å². The predicted octanol–water partition coefficient (Wildman–Crippen LogP) is 6.32. The molecule has 0 saturated carbocycles. The van der Waals surface area contributed by atoms with Gasteiger partial charge in [0.05, 0.1) is 6.54 Å². The molecule has 182 valence electrons. The summed E-state index contributed by atoms with van der Waals surface area (Å²) in [5.41, 5.74) is 1.68. The number of rotatable bonds is 10. The highest BCUT2D eigenvalue weighted by molar-refractivity contribution is 9.10. The van der Waals surface area contributed by atoms with E-state index in [1.165, 1.54) is 45.1 Å². The number of aromatic hydroxyl groups is 1. The number of unbranched alkanes of at least 4 members (excludes halogenated alkanes) is 1. The van der Waals surface area contributed by atoms with Gasteiger partial charge in [-0.1, -0.05) is 60.3 Å². The molecule has 1 saturated heterocycles. The normalized spacial score (nSPS) is 16.7. The van der Waals surface area contributed by atoms with Gasteiger partial charge >= 0.3 is 0 Å². The topological polar surface area (TPSA) is 57.5 Å². The molecule has 1 atom stereocenters. The molecule has 2 aromatic carbocycles. The third-order valence-corrected chi connectivity index (χ3v) is 7.41. The number of piperidine rings is 1. The first-order valence-electron chi connectivity index (χ1n) is 12.6. The fourth-order valence-electron chi connectivity index (χ4n) is 5.05. The number of aromatic nitrogens is 1. The van der Waals surface area contributed by atoms with Crippen molar-refractivity contribution in [2.24, 2.45) is 0 Å². The van der Waals surface area contributed by atoms with Gasteiger partial charge in [-0.2, -0.15) is 0 Å². The Hall–Kier alpha value is -2.31. The van der Waals surface area contributed by atoms with Crippen molar-refractivity contribution in [2.75, 3.05) is 19.6 Å². The van der Waals surface area contributed by atoms with E-state index in [9.17, 15) is 9.90 Å². The zero-order valence-corrected chi connectivity index (χ0v) is 21.7. The summed E-state index contributed by atoms with van der Waals surface area (Å²) in [6, 6.07) is 14.3.